The van der Waals surface area contributed by atoms with Crippen LogP contribution in [0.2, 0.25) is 0 Å². The molecular formula is C28H25Br2ClN4O2. The van der Waals surface area contributed by atoms with E-state index < -0.39 is 0 Å². The average molecular weight is 645 g/mol. The lowest BCUT2D eigenvalue weighted by Crippen LogP contribution is -2.10. The number of ether oxygens (including phenoxy) is 2. The van der Waals surface area contributed by atoms with E-state index >= 15 is 0 Å². The molecule has 0 aliphatic rings. The third-order valence-electron chi connectivity index (χ3n) is 5.46. The topological polar surface area (TPSA) is 118 Å². The number of benzene rings is 4. The lowest BCUT2D eigenvalue weighted by molar-refractivity contribution is 0.304. The first kappa shape index (κ1) is 28.2. The second-order valence-electron chi connectivity index (χ2n) is 8.10. The van der Waals surface area contributed by atoms with Crippen molar-refractivity contribution >= 4 is 55.9 Å². The highest BCUT2D eigenvalue weighted by Crippen LogP contribution is 2.29. The molecule has 0 aliphatic carbocycles. The van der Waals surface area contributed by atoms with Gasteiger partial charge in [-0.25, -0.2) is 0 Å². The minimum Gasteiger partial charge on any atom is -0.488 e. The lowest BCUT2D eigenvalue weighted by atomic mass is 10.0. The quantitative estimate of drug-likeness (QED) is 0.116. The second-order valence-corrected chi connectivity index (χ2v) is 9.80. The van der Waals surface area contributed by atoms with Crippen LogP contribution in [0.5, 0.6) is 11.5 Å². The van der Waals surface area contributed by atoms with E-state index in [4.69, 9.17) is 31.8 Å². The molecule has 0 aromatic heterocycles. The van der Waals surface area contributed by atoms with E-state index in [-0.39, 0.29) is 24.1 Å². The second kappa shape index (κ2) is 12.8. The van der Waals surface area contributed by atoms with Crippen LogP contribution in [0.4, 0.5) is 0 Å². The molecule has 0 saturated carbocycles. The predicted octanol–water partition coefficient (Wildman–Crippen LogP) is 7.03. The van der Waals surface area contributed by atoms with Gasteiger partial charge in [-0.15, -0.1) is 12.4 Å². The van der Waals surface area contributed by atoms with E-state index in [2.05, 4.69) is 56.1 Å². The summed E-state index contributed by atoms with van der Waals surface area (Å²) in [4.78, 5) is 0. The molecule has 0 heterocycles. The predicted molar refractivity (Wildman–Crippen MR) is 158 cm³/mol. The molecule has 37 heavy (non-hydrogen) atoms. The molecule has 0 fully saturated rings. The normalized spacial score (nSPS) is 10.3. The minimum atomic E-state index is 0. The maximum absolute atomic E-state index is 7.56. The van der Waals surface area contributed by atoms with Crippen molar-refractivity contribution < 1.29 is 9.47 Å². The molecule has 0 aliphatic heterocycles. The van der Waals surface area contributed by atoms with Crippen LogP contribution in [0.3, 0.4) is 0 Å². The van der Waals surface area contributed by atoms with Gasteiger partial charge >= 0.3 is 0 Å². The maximum Gasteiger partial charge on any atom is 0.134 e. The largest absolute Gasteiger partial charge is 0.488 e. The molecule has 0 spiro atoms. The van der Waals surface area contributed by atoms with Crippen LogP contribution in [0.15, 0.2) is 93.9 Å². The highest BCUT2D eigenvalue weighted by atomic mass is 79.9. The molecule has 6 N–H and O–H groups in total. The first-order valence-electron chi connectivity index (χ1n) is 11.0. The Bertz CT molecular complexity index is 1340. The molecular weight excluding hydrogens is 620 g/mol. The fourth-order valence-electron chi connectivity index (χ4n) is 3.57. The number of amidine groups is 2. The van der Waals surface area contributed by atoms with Gasteiger partial charge in [0.15, 0.2) is 0 Å². The van der Waals surface area contributed by atoms with E-state index in [1.165, 1.54) is 0 Å². The van der Waals surface area contributed by atoms with Crippen LogP contribution in [0, 0.1) is 10.8 Å². The summed E-state index contributed by atoms with van der Waals surface area (Å²) in [6, 6.07) is 27.1. The van der Waals surface area contributed by atoms with Gasteiger partial charge in [0, 0.05) is 11.1 Å². The van der Waals surface area contributed by atoms with Gasteiger partial charge in [0.25, 0.3) is 0 Å². The van der Waals surface area contributed by atoms with Crippen LogP contribution in [-0.4, -0.2) is 11.7 Å². The van der Waals surface area contributed by atoms with Crippen molar-refractivity contribution in [3.63, 3.8) is 0 Å². The van der Waals surface area contributed by atoms with Crippen molar-refractivity contribution in [3.05, 3.63) is 116 Å². The SMILES string of the molecule is Cl.N=C(N)c1ccc(OCc2cccc(-c3cccc(COc4ccc(C(=N)N)cc4Br)c3)c2)c(Br)c1. The molecule has 0 atom stereocenters. The molecule has 190 valence electrons. The van der Waals surface area contributed by atoms with Gasteiger partial charge < -0.3 is 20.9 Å². The Morgan fingerprint density at radius 2 is 1.03 bits per heavy atom. The van der Waals surface area contributed by atoms with Gasteiger partial charge in [-0.3, -0.25) is 10.8 Å². The van der Waals surface area contributed by atoms with E-state index in [1.54, 1.807) is 36.4 Å². The standard InChI is InChI=1S/C28H24Br2N4O2.ClH/c29-23-13-21(27(31)32)7-9-25(23)35-15-17-3-1-5-19(11-17)20-6-2-4-18(12-20)16-36-26-10-8-22(28(33)34)14-24(26)30;/h1-14H,15-16H2,(H3,31,32)(H3,33,34);1H. The fourth-order valence-corrected chi connectivity index (χ4v) is 4.56. The summed E-state index contributed by atoms with van der Waals surface area (Å²) in [5, 5.41) is 15.1. The third kappa shape index (κ3) is 7.35. The van der Waals surface area contributed by atoms with Crippen LogP contribution in [-0.2, 0) is 13.2 Å². The molecule has 4 aromatic carbocycles. The van der Waals surface area contributed by atoms with Crippen molar-refractivity contribution in [3.8, 4) is 22.6 Å². The van der Waals surface area contributed by atoms with Crippen molar-refractivity contribution in [2.45, 2.75) is 13.2 Å². The van der Waals surface area contributed by atoms with Crippen molar-refractivity contribution in [2.24, 2.45) is 11.5 Å². The first-order chi connectivity index (χ1) is 17.3. The molecule has 0 radical (unpaired) electrons. The minimum absolute atomic E-state index is 0. The molecule has 0 saturated heterocycles. The Kier molecular flexibility index (Phi) is 9.74. The molecule has 9 heteroatoms. The number of nitrogens with two attached hydrogens (primary N) is 2. The van der Waals surface area contributed by atoms with Crippen LogP contribution in [0.1, 0.15) is 22.3 Å². The summed E-state index contributed by atoms with van der Waals surface area (Å²) >= 11 is 6.97. The molecule has 6 nitrogen and oxygen atoms in total. The smallest absolute Gasteiger partial charge is 0.134 e. The fraction of sp³-hybridized carbons (Fsp3) is 0.0714. The zero-order valence-electron chi connectivity index (χ0n) is 19.6. The molecule has 0 unspecified atom stereocenters. The summed E-state index contributed by atoms with van der Waals surface area (Å²) in [5.41, 5.74) is 16.6. The molecule has 4 rings (SSSR count). The molecule has 4 aromatic rings. The van der Waals surface area contributed by atoms with Crippen LogP contribution >= 0.6 is 44.3 Å². The number of nitrogens with one attached hydrogen (secondary N) is 2. The Labute approximate surface area is 238 Å². The zero-order valence-corrected chi connectivity index (χ0v) is 23.6. The maximum atomic E-state index is 7.56. The average Bonchev–Trinajstić information content (AvgIpc) is 2.87. The van der Waals surface area contributed by atoms with E-state index in [0.717, 1.165) is 31.2 Å². The number of rotatable bonds is 9. The summed E-state index contributed by atoms with van der Waals surface area (Å²) in [6.45, 7) is 0.803. The number of hydrogen-bond donors (Lipinski definition) is 4. The van der Waals surface area contributed by atoms with Crippen molar-refractivity contribution in [1.82, 2.24) is 0 Å². The number of halogens is 3. The van der Waals surface area contributed by atoms with Gasteiger partial charge in [0.2, 0.25) is 0 Å². The molecule has 0 amide bonds. The Hall–Kier alpha value is -3.33. The van der Waals surface area contributed by atoms with E-state index in [0.29, 0.717) is 35.8 Å². The van der Waals surface area contributed by atoms with Gasteiger partial charge in [0.1, 0.15) is 36.4 Å². The Morgan fingerprint density at radius 1 is 0.622 bits per heavy atom. The van der Waals surface area contributed by atoms with Gasteiger partial charge in [-0.1, -0.05) is 36.4 Å². The number of hydrogen-bond acceptors (Lipinski definition) is 4. The highest BCUT2D eigenvalue weighted by molar-refractivity contribution is 9.10. The van der Waals surface area contributed by atoms with Gasteiger partial charge in [0.05, 0.1) is 8.95 Å². The highest BCUT2D eigenvalue weighted by Gasteiger charge is 2.08. The van der Waals surface area contributed by atoms with Gasteiger partial charge in [-0.05, 0) is 103 Å². The van der Waals surface area contributed by atoms with Gasteiger partial charge in [-0.2, -0.15) is 0 Å². The van der Waals surface area contributed by atoms with Crippen LogP contribution < -0.4 is 20.9 Å². The van der Waals surface area contributed by atoms with Crippen molar-refractivity contribution in [1.29, 1.82) is 10.8 Å². The summed E-state index contributed by atoms with van der Waals surface area (Å²) in [6.07, 6.45) is 0. The Morgan fingerprint density at radius 3 is 1.38 bits per heavy atom. The summed E-state index contributed by atoms with van der Waals surface area (Å²) in [5.74, 6) is 1.40. The van der Waals surface area contributed by atoms with E-state index in [9.17, 15) is 0 Å². The zero-order chi connectivity index (χ0) is 25.7. The molecule has 0 bridgehead atoms. The lowest BCUT2D eigenvalue weighted by Gasteiger charge is -2.12. The summed E-state index contributed by atoms with van der Waals surface area (Å²) in [7, 11) is 0. The van der Waals surface area contributed by atoms with Crippen LogP contribution in [0.25, 0.3) is 11.1 Å². The van der Waals surface area contributed by atoms with Crippen molar-refractivity contribution in [2.75, 3.05) is 0 Å². The third-order valence-corrected chi connectivity index (χ3v) is 6.70. The summed E-state index contributed by atoms with van der Waals surface area (Å²) < 4.78 is 13.5. The monoisotopic (exact) mass is 642 g/mol. The van der Waals surface area contributed by atoms with E-state index in [1.807, 2.05) is 24.3 Å². The number of nitrogen functional groups attached to an aromatic ring is 2. The Balaban J connectivity index is 0.00000380. The first-order valence-corrected chi connectivity index (χ1v) is 12.6.